The average Bonchev–Trinajstić information content (AvgIpc) is 3.13. The predicted molar refractivity (Wildman–Crippen MR) is 126 cm³/mol. The normalized spacial score (nSPS) is 11.5. The summed E-state index contributed by atoms with van der Waals surface area (Å²) in [5, 5.41) is 7.55. The minimum atomic E-state index is -0.634. The molecule has 0 bridgehead atoms. The van der Waals surface area contributed by atoms with E-state index in [1.807, 2.05) is 25.3 Å². The summed E-state index contributed by atoms with van der Waals surface area (Å²) in [5.74, 6) is -1.66. The van der Waals surface area contributed by atoms with Gasteiger partial charge in [0.25, 0.3) is 5.91 Å². The first kappa shape index (κ1) is 26.1. The lowest BCUT2D eigenvalue weighted by Gasteiger charge is -2.17. The molecule has 1 heterocycles. The van der Waals surface area contributed by atoms with E-state index in [1.54, 1.807) is 31.2 Å². The third-order valence-electron chi connectivity index (χ3n) is 4.54. The number of thiophene rings is 1. The van der Waals surface area contributed by atoms with Crippen LogP contribution in [-0.2, 0) is 30.3 Å². The fraction of sp³-hybridized carbons (Fsp3) is 0.417. The summed E-state index contributed by atoms with van der Waals surface area (Å²) in [6.07, 6.45) is 0.544. The zero-order valence-electron chi connectivity index (χ0n) is 19.3. The highest BCUT2D eigenvalue weighted by molar-refractivity contribution is 7.15. The van der Waals surface area contributed by atoms with Gasteiger partial charge in [0.1, 0.15) is 5.00 Å². The number of rotatable bonds is 11. The number of hydrogen-bond donors (Lipinski definition) is 2. The third kappa shape index (κ3) is 8.34. The quantitative estimate of drug-likeness (QED) is 0.478. The second-order valence-corrected chi connectivity index (χ2v) is 8.74. The van der Waals surface area contributed by atoms with E-state index in [2.05, 4.69) is 10.6 Å². The van der Waals surface area contributed by atoms with Gasteiger partial charge >= 0.3 is 11.9 Å². The molecule has 1 unspecified atom stereocenters. The summed E-state index contributed by atoms with van der Waals surface area (Å²) < 4.78 is 10.3. The summed E-state index contributed by atoms with van der Waals surface area (Å²) in [4.78, 5) is 48.7. The molecule has 0 aliphatic rings. The van der Waals surface area contributed by atoms with E-state index >= 15 is 0 Å². The Hall–Kier alpha value is -3.20. The Bertz CT molecular complexity index is 971. The third-order valence-corrected chi connectivity index (χ3v) is 5.49. The molecule has 9 heteroatoms. The second kappa shape index (κ2) is 12.7. The van der Waals surface area contributed by atoms with Crippen LogP contribution in [0.4, 0.5) is 5.00 Å². The van der Waals surface area contributed by atoms with Gasteiger partial charge in [0.15, 0.2) is 6.61 Å². The molecule has 2 amide bonds. The number of esters is 2. The van der Waals surface area contributed by atoms with Gasteiger partial charge in [-0.1, -0.05) is 44.2 Å². The van der Waals surface area contributed by atoms with E-state index in [0.29, 0.717) is 22.9 Å². The van der Waals surface area contributed by atoms with Crippen LogP contribution in [0.25, 0.3) is 0 Å². The van der Waals surface area contributed by atoms with Crippen LogP contribution in [0, 0.1) is 5.92 Å². The lowest BCUT2D eigenvalue weighted by molar-refractivity contribution is -0.148. The van der Waals surface area contributed by atoms with E-state index in [-0.39, 0.29) is 18.9 Å². The van der Waals surface area contributed by atoms with Crippen LogP contribution in [0.2, 0.25) is 0 Å². The molecule has 0 aliphatic heterocycles. The first-order chi connectivity index (χ1) is 15.7. The van der Waals surface area contributed by atoms with E-state index in [9.17, 15) is 19.2 Å². The SMILES string of the molecule is CCOC(=O)c1c(CC(C)C)csc1NC(=O)COC(=O)CC(NC(C)=O)c1ccccc1. The molecule has 2 aromatic rings. The van der Waals surface area contributed by atoms with Crippen molar-refractivity contribution in [3.05, 3.63) is 52.4 Å². The smallest absolute Gasteiger partial charge is 0.341 e. The van der Waals surface area contributed by atoms with Gasteiger partial charge in [0.2, 0.25) is 5.91 Å². The number of amides is 2. The highest BCUT2D eigenvalue weighted by Gasteiger charge is 2.23. The van der Waals surface area contributed by atoms with Crippen LogP contribution in [0.3, 0.4) is 0 Å². The highest BCUT2D eigenvalue weighted by Crippen LogP contribution is 2.31. The lowest BCUT2D eigenvalue weighted by atomic mass is 10.0. The standard InChI is InChI=1S/C24H30N2O6S/c1-5-31-24(30)22-18(11-15(2)3)14-33-23(22)26-20(28)13-32-21(29)12-19(25-16(4)27)17-9-7-6-8-10-17/h6-10,14-15,19H,5,11-13H2,1-4H3,(H,25,27)(H,26,28). The minimum absolute atomic E-state index is 0.123. The molecular formula is C24H30N2O6S. The van der Waals surface area contributed by atoms with Crippen molar-refractivity contribution < 1.29 is 28.7 Å². The molecule has 33 heavy (non-hydrogen) atoms. The van der Waals surface area contributed by atoms with Crippen molar-refractivity contribution in [2.75, 3.05) is 18.5 Å². The van der Waals surface area contributed by atoms with Crippen LogP contribution in [-0.4, -0.2) is 37.0 Å². The fourth-order valence-corrected chi connectivity index (χ4v) is 4.20. The number of hydrogen-bond acceptors (Lipinski definition) is 7. The number of benzene rings is 1. The topological polar surface area (TPSA) is 111 Å². The molecular weight excluding hydrogens is 444 g/mol. The molecule has 8 nitrogen and oxygen atoms in total. The van der Waals surface area contributed by atoms with Crippen molar-refractivity contribution in [3.63, 3.8) is 0 Å². The van der Waals surface area contributed by atoms with Crippen LogP contribution in [0.5, 0.6) is 0 Å². The molecule has 0 spiro atoms. The summed E-state index contributed by atoms with van der Waals surface area (Å²) in [5.41, 5.74) is 1.90. The number of carbonyl (C=O) groups is 4. The van der Waals surface area contributed by atoms with Gasteiger partial charge in [-0.3, -0.25) is 14.4 Å². The summed E-state index contributed by atoms with van der Waals surface area (Å²) in [6, 6.07) is 8.47. The molecule has 0 fully saturated rings. The molecule has 0 saturated carbocycles. The van der Waals surface area contributed by atoms with Crippen molar-refractivity contribution in [2.45, 2.75) is 46.6 Å². The average molecular weight is 475 g/mol. The Morgan fingerprint density at radius 3 is 2.36 bits per heavy atom. The Morgan fingerprint density at radius 2 is 1.76 bits per heavy atom. The maximum Gasteiger partial charge on any atom is 0.341 e. The zero-order valence-corrected chi connectivity index (χ0v) is 20.1. The van der Waals surface area contributed by atoms with Crippen LogP contribution >= 0.6 is 11.3 Å². The van der Waals surface area contributed by atoms with Gasteiger partial charge in [-0.15, -0.1) is 11.3 Å². The summed E-state index contributed by atoms with van der Waals surface area (Å²) >= 11 is 1.23. The van der Waals surface area contributed by atoms with Crippen molar-refractivity contribution in [3.8, 4) is 0 Å². The summed E-state index contributed by atoms with van der Waals surface area (Å²) in [6.45, 7) is 6.86. The van der Waals surface area contributed by atoms with Gasteiger partial charge < -0.3 is 20.1 Å². The largest absolute Gasteiger partial charge is 0.462 e. The molecule has 1 atom stereocenters. The summed E-state index contributed by atoms with van der Waals surface area (Å²) in [7, 11) is 0. The molecule has 2 rings (SSSR count). The van der Waals surface area contributed by atoms with Gasteiger partial charge in [-0.25, -0.2) is 4.79 Å². The van der Waals surface area contributed by atoms with Gasteiger partial charge in [-0.2, -0.15) is 0 Å². The van der Waals surface area contributed by atoms with E-state index in [1.165, 1.54) is 18.3 Å². The van der Waals surface area contributed by atoms with Crippen LogP contribution in [0.15, 0.2) is 35.7 Å². The van der Waals surface area contributed by atoms with Crippen molar-refractivity contribution in [2.24, 2.45) is 5.92 Å². The molecule has 0 radical (unpaired) electrons. The van der Waals surface area contributed by atoms with Crippen molar-refractivity contribution in [1.29, 1.82) is 0 Å². The molecule has 0 aliphatic carbocycles. The molecule has 178 valence electrons. The lowest BCUT2D eigenvalue weighted by Crippen LogP contribution is -2.29. The Labute approximate surface area is 197 Å². The first-order valence-electron chi connectivity index (χ1n) is 10.8. The number of carbonyl (C=O) groups excluding carboxylic acids is 4. The maximum absolute atomic E-state index is 12.4. The predicted octanol–water partition coefficient (Wildman–Crippen LogP) is 3.87. The van der Waals surface area contributed by atoms with Crippen molar-refractivity contribution >= 4 is 40.1 Å². The molecule has 1 aromatic heterocycles. The van der Waals surface area contributed by atoms with E-state index < -0.39 is 30.5 Å². The van der Waals surface area contributed by atoms with Gasteiger partial charge in [-0.05, 0) is 35.8 Å². The molecule has 0 saturated heterocycles. The van der Waals surface area contributed by atoms with E-state index in [4.69, 9.17) is 9.47 Å². The number of ether oxygens (including phenoxy) is 2. The Morgan fingerprint density at radius 1 is 1.06 bits per heavy atom. The first-order valence-corrected chi connectivity index (χ1v) is 11.6. The van der Waals surface area contributed by atoms with Crippen LogP contribution in [0.1, 0.15) is 61.6 Å². The Balaban J connectivity index is 2.00. The van der Waals surface area contributed by atoms with Crippen molar-refractivity contribution in [1.82, 2.24) is 5.32 Å². The van der Waals surface area contributed by atoms with E-state index in [0.717, 1.165) is 11.1 Å². The van der Waals surface area contributed by atoms with Gasteiger partial charge in [0, 0.05) is 6.92 Å². The number of nitrogens with one attached hydrogen (secondary N) is 2. The monoisotopic (exact) mass is 474 g/mol. The molecule has 1 aromatic carbocycles. The van der Waals surface area contributed by atoms with Crippen LogP contribution < -0.4 is 10.6 Å². The maximum atomic E-state index is 12.4. The molecule has 2 N–H and O–H groups in total. The highest BCUT2D eigenvalue weighted by atomic mass is 32.1. The number of anilines is 1. The fourth-order valence-electron chi connectivity index (χ4n) is 3.22. The second-order valence-electron chi connectivity index (χ2n) is 7.86. The Kier molecular flexibility index (Phi) is 10.1. The zero-order chi connectivity index (χ0) is 24.4. The minimum Gasteiger partial charge on any atom is -0.462 e. The van der Waals surface area contributed by atoms with Gasteiger partial charge in [0.05, 0.1) is 24.6 Å².